The van der Waals surface area contributed by atoms with Crippen LogP contribution in [0.2, 0.25) is 0 Å². The van der Waals surface area contributed by atoms with Crippen molar-refractivity contribution in [3.8, 4) is 0 Å². The molecule has 1 unspecified atom stereocenters. The second-order valence-electron chi connectivity index (χ2n) is 4.33. The van der Waals surface area contributed by atoms with Crippen molar-refractivity contribution in [2.75, 3.05) is 26.4 Å². The van der Waals surface area contributed by atoms with E-state index in [0.717, 1.165) is 23.0 Å². The van der Waals surface area contributed by atoms with Crippen LogP contribution in [0.3, 0.4) is 0 Å². The lowest BCUT2D eigenvalue weighted by Crippen LogP contribution is -2.24. The maximum Gasteiger partial charge on any atom is 0.148 e. The zero-order valence-electron chi connectivity index (χ0n) is 10.3. The predicted octanol–water partition coefficient (Wildman–Crippen LogP) is 1.17. The van der Waals surface area contributed by atoms with E-state index in [1.54, 1.807) is 11.3 Å². The van der Waals surface area contributed by atoms with Crippen molar-refractivity contribution < 1.29 is 9.47 Å². The second-order valence-corrected chi connectivity index (χ2v) is 5.42. The Morgan fingerprint density at radius 2 is 2.29 bits per heavy atom. The molecule has 5 nitrogen and oxygen atoms in total. The molecule has 1 atom stereocenters. The average Bonchev–Trinajstić information content (AvgIpc) is 2.78. The van der Waals surface area contributed by atoms with Gasteiger partial charge in [0.25, 0.3) is 0 Å². The Morgan fingerprint density at radius 1 is 1.41 bits per heavy atom. The fourth-order valence-electron chi connectivity index (χ4n) is 1.60. The first-order valence-corrected chi connectivity index (χ1v) is 6.82. The van der Waals surface area contributed by atoms with E-state index in [1.165, 1.54) is 0 Å². The fourth-order valence-corrected chi connectivity index (χ4v) is 2.47. The minimum absolute atomic E-state index is 0.0203. The van der Waals surface area contributed by atoms with E-state index >= 15 is 0 Å². The van der Waals surface area contributed by atoms with Gasteiger partial charge in [-0.05, 0) is 0 Å². The summed E-state index contributed by atoms with van der Waals surface area (Å²) in [4.78, 5) is 0. The molecule has 6 heteroatoms. The summed E-state index contributed by atoms with van der Waals surface area (Å²) in [5.74, 6) is 0. The molecule has 0 aliphatic carbocycles. The third-order valence-electron chi connectivity index (χ3n) is 2.47. The van der Waals surface area contributed by atoms with Gasteiger partial charge in [0.05, 0.1) is 19.8 Å². The lowest BCUT2D eigenvalue weighted by Gasteiger charge is -2.20. The first-order valence-electron chi connectivity index (χ1n) is 6.00. The van der Waals surface area contributed by atoms with Crippen LogP contribution >= 0.6 is 11.3 Å². The van der Waals surface area contributed by atoms with E-state index in [1.807, 2.05) is 0 Å². The molecule has 0 aromatic carbocycles. The summed E-state index contributed by atoms with van der Waals surface area (Å²) < 4.78 is 10.9. The molecule has 1 aromatic heterocycles. The van der Waals surface area contributed by atoms with Gasteiger partial charge in [0.2, 0.25) is 0 Å². The Balaban J connectivity index is 1.82. The van der Waals surface area contributed by atoms with Crippen LogP contribution in [0.25, 0.3) is 0 Å². The molecular weight excluding hydrogens is 238 g/mol. The smallest absolute Gasteiger partial charge is 0.148 e. The molecule has 0 bridgehead atoms. The van der Waals surface area contributed by atoms with Gasteiger partial charge in [-0.3, -0.25) is 0 Å². The summed E-state index contributed by atoms with van der Waals surface area (Å²) in [5.41, 5.74) is 0. The minimum Gasteiger partial charge on any atom is -0.376 e. The number of nitrogens with zero attached hydrogens (tertiary/aromatic N) is 2. The van der Waals surface area contributed by atoms with Gasteiger partial charge in [0, 0.05) is 19.0 Å². The molecule has 0 saturated carbocycles. The van der Waals surface area contributed by atoms with Crippen LogP contribution < -0.4 is 5.32 Å². The van der Waals surface area contributed by atoms with Crippen LogP contribution in [0.15, 0.2) is 0 Å². The summed E-state index contributed by atoms with van der Waals surface area (Å²) in [6.45, 7) is 7.14. The second kappa shape index (κ2) is 6.39. The number of rotatable bonds is 5. The van der Waals surface area contributed by atoms with E-state index < -0.39 is 0 Å². The highest BCUT2D eigenvalue weighted by atomic mass is 32.1. The SMILES string of the molecule is CC(C)NCCc1nnc(C2COCCO2)s1. The third-order valence-corrected chi connectivity index (χ3v) is 3.54. The van der Waals surface area contributed by atoms with Crippen LogP contribution in [-0.4, -0.2) is 42.6 Å². The highest BCUT2D eigenvalue weighted by molar-refractivity contribution is 7.11. The van der Waals surface area contributed by atoms with Gasteiger partial charge in [-0.2, -0.15) is 0 Å². The van der Waals surface area contributed by atoms with Gasteiger partial charge < -0.3 is 14.8 Å². The van der Waals surface area contributed by atoms with Crippen molar-refractivity contribution >= 4 is 11.3 Å². The van der Waals surface area contributed by atoms with E-state index in [2.05, 4.69) is 29.4 Å². The summed E-state index contributed by atoms with van der Waals surface area (Å²) in [7, 11) is 0. The van der Waals surface area contributed by atoms with Gasteiger partial charge in [-0.25, -0.2) is 0 Å². The number of aromatic nitrogens is 2. The number of hydrogen-bond acceptors (Lipinski definition) is 6. The monoisotopic (exact) mass is 257 g/mol. The first kappa shape index (κ1) is 12.9. The topological polar surface area (TPSA) is 56.3 Å². The fraction of sp³-hybridized carbons (Fsp3) is 0.818. The van der Waals surface area contributed by atoms with Gasteiger partial charge in [0.15, 0.2) is 0 Å². The van der Waals surface area contributed by atoms with E-state index in [4.69, 9.17) is 9.47 Å². The van der Waals surface area contributed by atoms with Gasteiger partial charge >= 0.3 is 0 Å². The zero-order chi connectivity index (χ0) is 12.1. The van der Waals surface area contributed by atoms with Crippen molar-refractivity contribution in [2.24, 2.45) is 0 Å². The van der Waals surface area contributed by atoms with Crippen LogP contribution in [0.4, 0.5) is 0 Å². The number of nitrogens with one attached hydrogen (secondary N) is 1. The molecule has 0 spiro atoms. The molecule has 1 N–H and O–H groups in total. The molecule has 2 heterocycles. The van der Waals surface area contributed by atoms with Crippen molar-refractivity contribution in [1.29, 1.82) is 0 Å². The van der Waals surface area contributed by atoms with Crippen molar-refractivity contribution in [3.05, 3.63) is 10.0 Å². The third kappa shape index (κ3) is 3.99. The summed E-state index contributed by atoms with van der Waals surface area (Å²) >= 11 is 1.62. The molecule has 1 aromatic rings. The van der Waals surface area contributed by atoms with Crippen molar-refractivity contribution in [1.82, 2.24) is 15.5 Å². The quantitative estimate of drug-likeness (QED) is 0.858. The lowest BCUT2D eigenvalue weighted by molar-refractivity contribution is -0.0903. The molecule has 0 radical (unpaired) electrons. The standard InChI is InChI=1S/C11H19N3O2S/c1-8(2)12-4-3-10-13-14-11(17-10)9-7-15-5-6-16-9/h8-9,12H,3-7H2,1-2H3. The van der Waals surface area contributed by atoms with E-state index in [0.29, 0.717) is 25.9 Å². The highest BCUT2D eigenvalue weighted by Crippen LogP contribution is 2.23. The van der Waals surface area contributed by atoms with Gasteiger partial charge in [-0.15, -0.1) is 10.2 Å². The normalized spacial score (nSPS) is 21.0. The zero-order valence-corrected chi connectivity index (χ0v) is 11.1. The summed E-state index contributed by atoms with van der Waals surface area (Å²) in [6, 6.07) is 0.512. The Morgan fingerprint density at radius 3 is 3.00 bits per heavy atom. The molecule has 1 fully saturated rings. The van der Waals surface area contributed by atoms with Crippen LogP contribution in [-0.2, 0) is 15.9 Å². The summed E-state index contributed by atoms with van der Waals surface area (Å²) in [6.07, 6.45) is 0.900. The molecule has 0 amide bonds. The largest absolute Gasteiger partial charge is 0.376 e. The Kier molecular flexibility index (Phi) is 4.85. The Labute approximate surface area is 106 Å². The van der Waals surface area contributed by atoms with Crippen molar-refractivity contribution in [2.45, 2.75) is 32.4 Å². The molecule has 96 valence electrons. The highest BCUT2D eigenvalue weighted by Gasteiger charge is 2.20. The number of hydrogen-bond donors (Lipinski definition) is 1. The molecular formula is C11H19N3O2S. The van der Waals surface area contributed by atoms with E-state index in [-0.39, 0.29) is 6.10 Å². The van der Waals surface area contributed by atoms with Crippen LogP contribution in [0.1, 0.15) is 30.0 Å². The Hall–Kier alpha value is -0.560. The average molecular weight is 257 g/mol. The maximum atomic E-state index is 5.59. The molecule has 2 rings (SSSR count). The summed E-state index contributed by atoms with van der Waals surface area (Å²) in [5, 5.41) is 13.7. The molecule has 1 aliphatic rings. The van der Waals surface area contributed by atoms with Crippen molar-refractivity contribution in [3.63, 3.8) is 0 Å². The van der Waals surface area contributed by atoms with Gasteiger partial charge in [-0.1, -0.05) is 25.2 Å². The minimum atomic E-state index is -0.0203. The molecule has 1 saturated heterocycles. The molecule has 17 heavy (non-hydrogen) atoms. The van der Waals surface area contributed by atoms with Crippen LogP contribution in [0, 0.1) is 0 Å². The number of ether oxygens (including phenoxy) is 2. The van der Waals surface area contributed by atoms with E-state index in [9.17, 15) is 0 Å². The predicted molar refractivity (Wildman–Crippen MR) is 66.3 cm³/mol. The first-order chi connectivity index (χ1) is 8.25. The Bertz CT molecular complexity index is 337. The van der Waals surface area contributed by atoms with Crippen LogP contribution in [0.5, 0.6) is 0 Å². The molecule has 1 aliphatic heterocycles. The maximum absolute atomic E-state index is 5.59. The van der Waals surface area contributed by atoms with Gasteiger partial charge in [0.1, 0.15) is 16.1 Å². The lowest BCUT2D eigenvalue weighted by atomic mass is 10.3.